The third-order valence-corrected chi connectivity index (χ3v) is 9.54. The van der Waals surface area contributed by atoms with Crippen LogP contribution in [0.25, 0.3) is 0 Å². The van der Waals surface area contributed by atoms with Crippen molar-refractivity contribution in [3.63, 3.8) is 0 Å². The van der Waals surface area contributed by atoms with Crippen LogP contribution < -0.4 is 4.31 Å². The maximum atomic E-state index is 14.2. The molecule has 0 bridgehead atoms. The summed E-state index contributed by atoms with van der Waals surface area (Å²) >= 11 is 6.23. The highest BCUT2D eigenvalue weighted by molar-refractivity contribution is 7.92. The smallest absolute Gasteiger partial charge is 0.319 e. The van der Waals surface area contributed by atoms with Gasteiger partial charge in [-0.05, 0) is 62.2 Å². The molecule has 2 aliphatic heterocycles. The predicted molar refractivity (Wildman–Crippen MR) is 147 cm³/mol. The van der Waals surface area contributed by atoms with E-state index in [1.807, 2.05) is 6.92 Å². The minimum Gasteiger partial charge on any atom is -0.468 e. The lowest BCUT2D eigenvalue weighted by atomic mass is 9.75. The fourth-order valence-electron chi connectivity index (χ4n) is 5.25. The van der Waals surface area contributed by atoms with Crippen LogP contribution in [0.3, 0.4) is 0 Å². The van der Waals surface area contributed by atoms with Gasteiger partial charge in [-0.3, -0.25) is 28.4 Å². The highest BCUT2D eigenvalue weighted by Crippen LogP contribution is 2.43. The lowest BCUT2D eigenvalue weighted by Crippen LogP contribution is -2.45. The van der Waals surface area contributed by atoms with Crippen molar-refractivity contribution in [3.05, 3.63) is 94.0 Å². The normalized spacial score (nSPS) is 18.8. The summed E-state index contributed by atoms with van der Waals surface area (Å²) in [5.74, 6) is -2.66. The van der Waals surface area contributed by atoms with Crippen molar-refractivity contribution in [1.29, 1.82) is 0 Å². The number of nitrogens with zero attached hydrogens (tertiary/aromatic N) is 2. The number of ether oxygens (including phenoxy) is 1. The molecular weight excluding hydrogens is 556 g/mol. The van der Waals surface area contributed by atoms with Crippen LogP contribution in [0, 0.1) is 12.3 Å². The molecule has 0 aliphatic carbocycles. The molecule has 3 aromatic carbocycles. The Morgan fingerprint density at radius 1 is 0.950 bits per heavy atom. The van der Waals surface area contributed by atoms with Gasteiger partial charge in [0.2, 0.25) is 0 Å². The topological polar surface area (TPSA) is 118 Å². The number of benzene rings is 3. The molecule has 1 atom stereocenters. The molecule has 2 amide bonds. The van der Waals surface area contributed by atoms with Crippen LogP contribution in [-0.2, 0) is 19.6 Å². The van der Waals surface area contributed by atoms with Gasteiger partial charge < -0.3 is 4.74 Å². The van der Waals surface area contributed by atoms with Crippen LogP contribution in [0.15, 0.2) is 71.6 Å². The number of methoxy groups -OCH3 is 1. The van der Waals surface area contributed by atoms with Gasteiger partial charge in [0.1, 0.15) is 5.41 Å². The molecule has 2 aliphatic rings. The van der Waals surface area contributed by atoms with Crippen LogP contribution in [0.4, 0.5) is 5.69 Å². The molecule has 0 spiro atoms. The first-order chi connectivity index (χ1) is 19.0. The molecule has 5 rings (SSSR count). The Bertz CT molecular complexity index is 1630. The van der Waals surface area contributed by atoms with Crippen molar-refractivity contribution in [1.82, 2.24) is 4.90 Å². The molecule has 0 saturated heterocycles. The quantitative estimate of drug-likeness (QED) is 0.243. The fourth-order valence-corrected chi connectivity index (χ4v) is 6.91. The number of carbonyl (C=O) groups is 4. The van der Waals surface area contributed by atoms with Crippen molar-refractivity contribution in [2.24, 2.45) is 5.41 Å². The Kier molecular flexibility index (Phi) is 7.01. The number of aryl methyl sites for hydroxylation is 1. The number of sulfonamides is 1. The molecule has 0 aromatic heterocycles. The number of Topliss-reactive ketones (excluding diaryl/α,β-unsaturated/α-hetero) is 1. The summed E-state index contributed by atoms with van der Waals surface area (Å²) in [6.07, 6.45) is -0.520. The number of esters is 1. The Balaban J connectivity index is 1.57. The standard InChI is InChI=1S/C29H25ClN2O7S/c1-18-7-10-20(11-8-18)40(37,38)32-16-14-29(28(36)39-2,25(33)23-17-19(30)9-12-24(23)32)13-15-31-26(34)21-5-3-4-6-22(21)27(31)35/h3-12,17H,13-16H2,1-2H3. The first-order valence-electron chi connectivity index (χ1n) is 12.5. The number of hydrogen-bond donors (Lipinski definition) is 0. The van der Waals surface area contributed by atoms with E-state index in [0.717, 1.165) is 21.9 Å². The lowest BCUT2D eigenvalue weighted by Gasteiger charge is -2.30. The molecule has 2 heterocycles. The Morgan fingerprint density at radius 3 is 2.17 bits per heavy atom. The van der Waals surface area contributed by atoms with Crippen LogP contribution >= 0.6 is 11.6 Å². The first kappa shape index (κ1) is 27.5. The number of hydrogen-bond acceptors (Lipinski definition) is 7. The van der Waals surface area contributed by atoms with Crippen molar-refractivity contribution >= 4 is 50.9 Å². The van der Waals surface area contributed by atoms with Crippen molar-refractivity contribution in [2.45, 2.75) is 24.7 Å². The first-order valence-corrected chi connectivity index (χ1v) is 14.3. The number of carbonyl (C=O) groups excluding carboxylic acids is 4. The second-order valence-electron chi connectivity index (χ2n) is 9.76. The molecule has 0 N–H and O–H groups in total. The van der Waals surface area contributed by atoms with Gasteiger partial charge >= 0.3 is 5.97 Å². The van der Waals surface area contributed by atoms with Crippen LogP contribution in [0.2, 0.25) is 5.02 Å². The summed E-state index contributed by atoms with van der Waals surface area (Å²) < 4.78 is 33.8. The average Bonchev–Trinajstić information content (AvgIpc) is 3.11. The van der Waals surface area contributed by atoms with Crippen molar-refractivity contribution in [2.75, 3.05) is 24.5 Å². The van der Waals surface area contributed by atoms with E-state index in [1.54, 1.807) is 24.3 Å². The SMILES string of the molecule is COC(=O)C1(CCN2C(=O)c3ccccc3C2=O)CCN(S(=O)(=O)c2ccc(C)cc2)c2ccc(Cl)cc2C1=O. The second kappa shape index (κ2) is 10.2. The number of fused-ring (bicyclic) bond motifs is 2. The summed E-state index contributed by atoms with van der Waals surface area (Å²) in [4.78, 5) is 54.5. The van der Waals surface area contributed by atoms with E-state index in [4.69, 9.17) is 16.3 Å². The van der Waals surface area contributed by atoms with Gasteiger partial charge in [-0.25, -0.2) is 8.42 Å². The number of imide groups is 1. The largest absolute Gasteiger partial charge is 0.468 e. The predicted octanol–water partition coefficient (Wildman–Crippen LogP) is 4.28. The minimum atomic E-state index is -4.15. The summed E-state index contributed by atoms with van der Waals surface area (Å²) in [6.45, 7) is 1.33. The molecular formula is C29H25ClN2O7S. The number of halogens is 1. The maximum Gasteiger partial charge on any atom is 0.319 e. The van der Waals surface area contributed by atoms with Gasteiger partial charge in [0, 0.05) is 23.7 Å². The van der Waals surface area contributed by atoms with Gasteiger partial charge in [-0.15, -0.1) is 0 Å². The van der Waals surface area contributed by atoms with E-state index in [-0.39, 0.29) is 58.2 Å². The van der Waals surface area contributed by atoms with Gasteiger partial charge in [0.25, 0.3) is 21.8 Å². The van der Waals surface area contributed by atoms with Gasteiger partial charge in [0.15, 0.2) is 5.78 Å². The van der Waals surface area contributed by atoms with Gasteiger partial charge in [0.05, 0.1) is 28.8 Å². The van der Waals surface area contributed by atoms with Crippen LogP contribution in [0.5, 0.6) is 0 Å². The van der Waals surface area contributed by atoms with Crippen LogP contribution in [-0.4, -0.2) is 57.1 Å². The van der Waals surface area contributed by atoms with E-state index in [2.05, 4.69) is 0 Å². The summed E-state index contributed by atoms with van der Waals surface area (Å²) in [5.41, 5.74) is -0.551. The number of rotatable bonds is 6. The van der Waals surface area contributed by atoms with Gasteiger partial charge in [-0.1, -0.05) is 41.4 Å². The zero-order chi connectivity index (χ0) is 28.8. The van der Waals surface area contributed by atoms with E-state index in [9.17, 15) is 27.6 Å². The zero-order valence-electron chi connectivity index (χ0n) is 21.7. The lowest BCUT2D eigenvalue weighted by molar-refractivity contribution is -0.150. The van der Waals surface area contributed by atoms with E-state index in [1.165, 1.54) is 42.5 Å². The van der Waals surface area contributed by atoms with E-state index >= 15 is 0 Å². The molecule has 0 fully saturated rings. The van der Waals surface area contributed by atoms with Crippen LogP contribution in [0.1, 0.15) is 49.5 Å². The third-order valence-electron chi connectivity index (χ3n) is 7.47. The highest BCUT2D eigenvalue weighted by Gasteiger charge is 2.52. The maximum absolute atomic E-state index is 14.2. The molecule has 11 heteroatoms. The molecule has 0 saturated carbocycles. The molecule has 40 heavy (non-hydrogen) atoms. The van der Waals surface area contributed by atoms with E-state index in [0.29, 0.717) is 0 Å². The monoisotopic (exact) mass is 580 g/mol. The average molecular weight is 581 g/mol. The minimum absolute atomic E-state index is 0.0167. The number of amides is 2. The highest BCUT2D eigenvalue weighted by atomic mass is 35.5. The van der Waals surface area contributed by atoms with Gasteiger partial charge in [-0.2, -0.15) is 0 Å². The Hall–Kier alpha value is -4.02. The third kappa shape index (κ3) is 4.37. The number of ketones is 1. The fraction of sp³-hybridized carbons (Fsp3) is 0.241. The van der Waals surface area contributed by atoms with Crippen molar-refractivity contribution in [3.8, 4) is 0 Å². The zero-order valence-corrected chi connectivity index (χ0v) is 23.3. The molecule has 9 nitrogen and oxygen atoms in total. The molecule has 1 unspecified atom stereocenters. The number of anilines is 1. The summed E-state index contributed by atoms with van der Waals surface area (Å²) in [5, 5.41) is 0.167. The summed E-state index contributed by atoms with van der Waals surface area (Å²) in [7, 11) is -3.02. The Morgan fingerprint density at radius 2 is 1.57 bits per heavy atom. The molecule has 3 aromatic rings. The second-order valence-corrected chi connectivity index (χ2v) is 12.1. The Labute approximate surface area is 236 Å². The van der Waals surface area contributed by atoms with Crippen molar-refractivity contribution < 1.29 is 32.3 Å². The summed E-state index contributed by atoms with van der Waals surface area (Å²) in [6, 6.07) is 16.9. The molecule has 0 radical (unpaired) electrons. The molecule has 206 valence electrons. The van der Waals surface area contributed by atoms with E-state index < -0.39 is 39.0 Å².